The number of rotatable bonds is 4. The number of ether oxygens (including phenoxy) is 4. The molecule has 4 nitrogen and oxygen atoms in total. The van der Waals surface area contributed by atoms with Crippen LogP contribution in [0.5, 0.6) is 23.0 Å². The van der Waals surface area contributed by atoms with E-state index in [2.05, 4.69) is 12.1 Å². The van der Waals surface area contributed by atoms with Crippen molar-refractivity contribution in [1.82, 2.24) is 0 Å². The lowest BCUT2D eigenvalue weighted by Crippen LogP contribution is -1.93. The standard InChI is InChI=1S/C18H18O4/c1-19-13-7-12-6-5-11-8-15(20-2)16(21-3)10-14(11)18(12)17(9-13)22-4/h5-10H,1-4H3. The minimum absolute atomic E-state index is 0.695. The second-order valence-electron chi connectivity index (χ2n) is 4.92. The first kappa shape index (κ1) is 14.3. The zero-order chi connectivity index (χ0) is 15.7. The van der Waals surface area contributed by atoms with Gasteiger partial charge in [0.2, 0.25) is 0 Å². The van der Waals surface area contributed by atoms with E-state index < -0.39 is 0 Å². The Morgan fingerprint density at radius 3 is 1.86 bits per heavy atom. The molecule has 0 fully saturated rings. The first-order valence-corrected chi connectivity index (χ1v) is 6.92. The van der Waals surface area contributed by atoms with Gasteiger partial charge in [0.15, 0.2) is 11.5 Å². The number of benzene rings is 3. The fourth-order valence-electron chi connectivity index (χ4n) is 2.74. The van der Waals surface area contributed by atoms with Crippen LogP contribution in [0, 0.1) is 0 Å². The largest absolute Gasteiger partial charge is 0.497 e. The molecular formula is C18H18O4. The van der Waals surface area contributed by atoms with Crippen LogP contribution in [0.1, 0.15) is 0 Å². The normalized spacial score (nSPS) is 10.7. The van der Waals surface area contributed by atoms with Crippen LogP contribution >= 0.6 is 0 Å². The van der Waals surface area contributed by atoms with Crippen LogP contribution in [-0.2, 0) is 0 Å². The van der Waals surface area contributed by atoms with Crippen LogP contribution in [0.15, 0.2) is 36.4 Å². The predicted molar refractivity (Wildman–Crippen MR) is 87.7 cm³/mol. The topological polar surface area (TPSA) is 36.9 Å². The minimum atomic E-state index is 0.695. The van der Waals surface area contributed by atoms with E-state index in [1.165, 1.54) is 0 Å². The fraction of sp³-hybridized carbons (Fsp3) is 0.222. The summed E-state index contributed by atoms with van der Waals surface area (Å²) >= 11 is 0. The lowest BCUT2D eigenvalue weighted by atomic mass is 10.00. The van der Waals surface area contributed by atoms with Gasteiger partial charge in [-0.05, 0) is 34.4 Å². The van der Waals surface area contributed by atoms with Crippen molar-refractivity contribution >= 4 is 21.5 Å². The molecule has 0 unspecified atom stereocenters. The molecule has 3 aromatic rings. The van der Waals surface area contributed by atoms with Crippen molar-refractivity contribution in [3.05, 3.63) is 36.4 Å². The van der Waals surface area contributed by atoms with E-state index in [1.54, 1.807) is 28.4 Å². The Hall–Kier alpha value is -2.62. The molecule has 0 aromatic heterocycles. The maximum atomic E-state index is 5.56. The third-order valence-corrected chi connectivity index (χ3v) is 3.83. The first-order valence-electron chi connectivity index (χ1n) is 6.92. The molecular weight excluding hydrogens is 280 g/mol. The van der Waals surface area contributed by atoms with E-state index in [1.807, 2.05) is 24.3 Å². The third-order valence-electron chi connectivity index (χ3n) is 3.83. The number of hydrogen-bond donors (Lipinski definition) is 0. The van der Waals surface area contributed by atoms with Gasteiger partial charge in [-0.3, -0.25) is 0 Å². The van der Waals surface area contributed by atoms with Gasteiger partial charge in [-0.2, -0.15) is 0 Å². The average Bonchev–Trinajstić information content (AvgIpc) is 2.58. The van der Waals surface area contributed by atoms with Crippen LogP contribution in [0.3, 0.4) is 0 Å². The highest BCUT2D eigenvalue weighted by Gasteiger charge is 2.12. The maximum Gasteiger partial charge on any atom is 0.161 e. The third kappa shape index (κ3) is 2.17. The van der Waals surface area contributed by atoms with Crippen molar-refractivity contribution in [2.45, 2.75) is 0 Å². The van der Waals surface area contributed by atoms with Gasteiger partial charge in [-0.25, -0.2) is 0 Å². The molecule has 0 aliphatic rings. The summed E-state index contributed by atoms with van der Waals surface area (Å²) in [4.78, 5) is 0. The Balaban J connectivity index is 2.43. The van der Waals surface area contributed by atoms with E-state index in [9.17, 15) is 0 Å². The zero-order valence-electron chi connectivity index (χ0n) is 13.1. The molecule has 0 aliphatic carbocycles. The molecule has 4 heteroatoms. The molecule has 0 spiro atoms. The quantitative estimate of drug-likeness (QED) is 0.682. The van der Waals surface area contributed by atoms with E-state index >= 15 is 0 Å². The monoisotopic (exact) mass is 298 g/mol. The van der Waals surface area contributed by atoms with E-state index in [-0.39, 0.29) is 0 Å². The summed E-state index contributed by atoms with van der Waals surface area (Å²) in [6, 6.07) is 11.9. The maximum absolute atomic E-state index is 5.56. The zero-order valence-corrected chi connectivity index (χ0v) is 13.1. The Bertz CT molecular complexity index is 839. The van der Waals surface area contributed by atoms with Crippen LogP contribution in [0.2, 0.25) is 0 Å². The van der Waals surface area contributed by atoms with Gasteiger partial charge >= 0.3 is 0 Å². The molecule has 114 valence electrons. The smallest absolute Gasteiger partial charge is 0.161 e. The van der Waals surface area contributed by atoms with Crippen molar-refractivity contribution < 1.29 is 18.9 Å². The van der Waals surface area contributed by atoms with E-state index in [0.717, 1.165) is 33.0 Å². The molecule has 3 rings (SSSR count). The Labute approximate surface area is 129 Å². The molecule has 0 aliphatic heterocycles. The first-order chi connectivity index (χ1) is 10.7. The molecule has 3 aromatic carbocycles. The van der Waals surface area contributed by atoms with Gasteiger partial charge in [0, 0.05) is 11.5 Å². The number of hydrogen-bond acceptors (Lipinski definition) is 4. The molecule has 0 saturated heterocycles. The summed E-state index contributed by atoms with van der Waals surface area (Å²) < 4.78 is 21.7. The summed E-state index contributed by atoms with van der Waals surface area (Å²) in [6.07, 6.45) is 0. The van der Waals surface area contributed by atoms with Crippen LogP contribution in [0.25, 0.3) is 21.5 Å². The fourth-order valence-corrected chi connectivity index (χ4v) is 2.74. The van der Waals surface area contributed by atoms with Crippen LogP contribution in [0.4, 0.5) is 0 Å². The Kier molecular flexibility index (Phi) is 3.67. The van der Waals surface area contributed by atoms with Crippen LogP contribution < -0.4 is 18.9 Å². The predicted octanol–water partition coefficient (Wildman–Crippen LogP) is 4.03. The summed E-state index contributed by atoms with van der Waals surface area (Å²) in [5.74, 6) is 2.94. The second kappa shape index (κ2) is 5.64. The summed E-state index contributed by atoms with van der Waals surface area (Å²) in [5.41, 5.74) is 0. The molecule has 0 N–H and O–H groups in total. The molecule has 0 radical (unpaired) electrons. The summed E-state index contributed by atoms with van der Waals surface area (Å²) in [5, 5.41) is 4.20. The second-order valence-corrected chi connectivity index (χ2v) is 4.92. The van der Waals surface area contributed by atoms with Gasteiger partial charge in [-0.15, -0.1) is 0 Å². The highest BCUT2D eigenvalue weighted by Crippen LogP contribution is 2.40. The highest BCUT2D eigenvalue weighted by molar-refractivity contribution is 6.12. The molecule has 0 atom stereocenters. The minimum Gasteiger partial charge on any atom is -0.497 e. The van der Waals surface area contributed by atoms with E-state index in [4.69, 9.17) is 18.9 Å². The van der Waals surface area contributed by atoms with Crippen molar-refractivity contribution in [3.63, 3.8) is 0 Å². The highest BCUT2D eigenvalue weighted by atomic mass is 16.5. The molecule has 0 heterocycles. The Morgan fingerprint density at radius 2 is 1.23 bits per heavy atom. The van der Waals surface area contributed by atoms with Crippen LogP contribution in [-0.4, -0.2) is 28.4 Å². The van der Waals surface area contributed by atoms with Gasteiger partial charge in [0.1, 0.15) is 11.5 Å². The summed E-state index contributed by atoms with van der Waals surface area (Å²) in [7, 11) is 6.58. The lowest BCUT2D eigenvalue weighted by Gasteiger charge is -2.14. The molecule has 22 heavy (non-hydrogen) atoms. The molecule has 0 bridgehead atoms. The summed E-state index contributed by atoms with van der Waals surface area (Å²) in [6.45, 7) is 0. The lowest BCUT2D eigenvalue weighted by molar-refractivity contribution is 0.356. The van der Waals surface area contributed by atoms with Crippen molar-refractivity contribution in [3.8, 4) is 23.0 Å². The van der Waals surface area contributed by atoms with Gasteiger partial charge in [0.25, 0.3) is 0 Å². The number of fused-ring (bicyclic) bond motifs is 3. The van der Waals surface area contributed by atoms with Gasteiger partial charge in [-0.1, -0.05) is 12.1 Å². The number of methoxy groups -OCH3 is 4. The molecule has 0 saturated carbocycles. The van der Waals surface area contributed by atoms with Crippen molar-refractivity contribution in [1.29, 1.82) is 0 Å². The average molecular weight is 298 g/mol. The SMILES string of the molecule is COc1cc(OC)c2c(ccc3cc(OC)c(OC)cc32)c1. The van der Waals surface area contributed by atoms with E-state index in [0.29, 0.717) is 11.5 Å². The van der Waals surface area contributed by atoms with Gasteiger partial charge in [0.05, 0.1) is 28.4 Å². The Morgan fingerprint density at radius 1 is 0.591 bits per heavy atom. The van der Waals surface area contributed by atoms with Crippen molar-refractivity contribution in [2.75, 3.05) is 28.4 Å². The molecule has 0 amide bonds. The van der Waals surface area contributed by atoms with Crippen molar-refractivity contribution in [2.24, 2.45) is 0 Å². The van der Waals surface area contributed by atoms with Gasteiger partial charge < -0.3 is 18.9 Å².